The van der Waals surface area contributed by atoms with Crippen molar-refractivity contribution in [1.29, 1.82) is 0 Å². The van der Waals surface area contributed by atoms with Crippen LogP contribution in [0, 0.1) is 0 Å². The molecule has 0 nitrogen and oxygen atoms in total. The monoisotopic (exact) mass is 249 g/mol. The van der Waals surface area contributed by atoms with E-state index in [-0.39, 0.29) is 88.7 Å². The van der Waals surface area contributed by atoms with Gasteiger partial charge in [0.25, 0.3) is 0 Å². The van der Waals surface area contributed by atoms with Gasteiger partial charge in [-0.15, -0.1) is 0 Å². The Bertz CT molecular complexity index is 179. The van der Waals surface area contributed by atoms with E-state index in [0.717, 1.165) is 0 Å². The molecule has 0 aromatic heterocycles. The summed E-state index contributed by atoms with van der Waals surface area (Å²) in [5, 5.41) is 1.69. The average molecular weight is 250 g/mol. The van der Waals surface area contributed by atoms with Crippen molar-refractivity contribution in [2.45, 2.75) is 0 Å². The summed E-state index contributed by atoms with van der Waals surface area (Å²) in [6.45, 7) is 0. The van der Waals surface area contributed by atoms with Gasteiger partial charge >= 0.3 is 88.7 Å². The zero-order chi connectivity index (χ0) is 6.85. The smallest absolute Gasteiger partial charge is 0.0842 e. The van der Waals surface area contributed by atoms with E-state index in [0.29, 0.717) is 15.1 Å². The van der Waals surface area contributed by atoms with Crippen LogP contribution in [-0.2, 0) is 0 Å². The molecular formula is C6H3Cl3Na3+3. The fraction of sp³-hybridized carbons (Fsp3) is 0. The summed E-state index contributed by atoms with van der Waals surface area (Å²) in [6, 6.07) is 4.90. The van der Waals surface area contributed by atoms with Gasteiger partial charge in [-0.05, 0) is 18.2 Å². The van der Waals surface area contributed by atoms with E-state index in [1.54, 1.807) is 18.2 Å². The van der Waals surface area contributed by atoms with Crippen LogP contribution in [0.25, 0.3) is 0 Å². The molecule has 0 aliphatic carbocycles. The largest absolute Gasteiger partial charge is 1.00 e. The summed E-state index contributed by atoms with van der Waals surface area (Å²) in [6.07, 6.45) is 0. The molecule has 0 saturated carbocycles. The molecule has 1 aromatic carbocycles. The second-order valence-corrected chi connectivity index (χ2v) is 2.90. The third-order valence-corrected chi connectivity index (χ3v) is 1.48. The predicted octanol–water partition coefficient (Wildman–Crippen LogP) is -5.34. The second-order valence-electron chi connectivity index (χ2n) is 1.59. The van der Waals surface area contributed by atoms with Crippen LogP contribution in [0.5, 0.6) is 0 Å². The molecule has 0 amide bonds. The quantitative estimate of drug-likeness (QED) is 0.404. The van der Waals surface area contributed by atoms with E-state index in [4.69, 9.17) is 34.8 Å². The molecule has 0 atom stereocenters. The van der Waals surface area contributed by atoms with Crippen LogP contribution >= 0.6 is 34.8 Å². The Labute approximate surface area is 154 Å². The molecule has 0 fully saturated rings. The summed E-state index contributed by atoms with van der Waals surface area (Å²) in [5.41, 5.74) is 0. The van der Waals surface area contributed by atoms with Gasteiger partial charge in [-0.25, -0.2) is 0 Å². The number of benzene rings is 1. The van der Waals surface area contributed by atoms with Crippen molar-refractivity contribution >= 4 is 34.8 Å². The van der Waals surface area contributed by atoms with Crippen molar-refractivity contribution < 1.29 is 88.7 Å². The first-order valence-electron chi connectivity index (χ1n) is 2.30. The number of rotatable bonds is 0. The minimum atomic E-state index is 0. The molecular weight excluding hydrogens is 247 g/mol. The zero-order valence-electron chi connectivity index (χ0n) is 7.37. The molecule has 0 N–H and O–H groups in total. The summed E-state index contributed by atoms with van der Waals surface area (Å²) >= 11 is 16.7. The van der Waals surface area contributed by atoms with Crippen LogP contribution in [0.15, 0.2) is 18.2 Å². The third-order valence-electron chi connectivity index (χ3n) is 0.827. The number of hydrogen-bond acceptors (Lipinski definition) is 0. The topological polar surface area (TPSA) is 0 Å². The number of hydrogen-bond donors (Lipinski definition) is 0. The van der Waals surface area contributed by atoms with E-state index >= 15 is 0 Å². The van der Waals surface area contributed by atoms with Gasteiger partial charge in [0.1, 0.15) is 0 Å². The van der Waals surface area contributed by atoms with Gasteiger partial charge in [0.05, 0.1) is 0 Å². The van der Waals surface area contributed by atoms with Gasteiger partial charge in [0.2, 0.25) is 0 Å². The van der Waals surface area contributed by atoms with Crippen molar-refractivity contribution in [2.75, 3.05) is 0 Å². The minimum Gasteiger partial charge on any atom is -0.0842 e. The summed E-state index contributed by atoms with van der Waals surface area (Å²) in [4.78, 5) is 0. The second kappa shape index (κ2) is 10.6. The molecule has 0 unspecified atom stereocenters. The molecule has 0 aliphatic heterocycles. The van der Waals surface area contributed by atoms with E-state index in [9.17, 15) is 0 Å². The normalized spacial score (nSPS) is 7.25. The Balaban J connectivity index is -0.000000270. The minimum absolute atomic E-state index is 0. The van der Waals surface area contributed by atoms with Crippen LogP contribution in [0.1, 0.15) is 0 Å². The van der Waals surface area contributed by atoms with Crippen molar-refractivity contribution in [3.8, 4) is 0 Å². The maximum Gasteiger partial charge on any atom is 1.00 e. The standard InChI is InChI=1S/C6H3Cl3.3Na/c7-4-1-5(8)3-6(9)2-4;;;/h1-3H;;;/q;3*+1. The molecule has 1 rings (SSSR count). The first-order valence-corrected chi connectivity index (χ1v) is 3.43. The van der Waals surface area contributed by atoms with Gasteiger partial charge < -0.3 is 0 Å². The van der Waals surface area contributed by atoms with E-state index in [1.807, 2.05) is 0 Å². The first kappa shape index (κ1) is 20.5. The van der Waals surface area contributed by atoms with Gasteiger partial charge in [-0.2, -0.15) is 0 Å². The van der Waals surface area contributed by atoms with Crippen LogP contribution in [0.4, 0.5) is 0 Å². The summed E-state index contributed by atoms with van der Waals surface area (Å²) in [7, 11) is 0. The third kappa shape index (κ3) is 8.40. The Morgan fingerprint density at radius 3 is 0.917 bits per heavy atom. The molecule has 0 bridgehead atoms. The van der Waals surface area contributed by atoms with E-state index < -0.39 is 0 Å². The maximum absolute atomic E-state index is 5.58. The van der Waals surface area contributed by atoms with Gasteiger partial charge in [-0.1, -0.05) is 34.8 Å². The summed E-state index contributed by atoms with van der Waals surface area (Å²) < 4.78 is 0. The maximum atomic E-state index is 5.58. The molecule has 0 radical (unpaired) electrons. The molecule has 0 aliphatic rings. The Kier molecular flexibility index (Phi) is 18.1. The van der Waals surface area contributed by atoms with Crippen LogP contribution < -0.4 is 88.7 Å². The molecule has 48 valence electrons. The molecule has 0 spiro atoms. The van der Waals surface area contributed by atoms with Crippen LogP contribution in [0.2, 0.25) is 15.1 Å². The van der Waals surface area contributed by atoms with Crippen LogP contribution in [0.3, 0.4) is 0 Å². The summed E-state index contributed by atoms with van der Waals surface area (Å²) in [5.74, 6) is 0. The van der Waals surface area contributed by atoms with Crippen LogP contribution in [-0.4, -0.2) is 0 Å². The number of halogens is 3. The van der Waals surface area contributed by atoms with Crippen molar-refractivity contribution in [3.05, 3.63) is 33.3 Å². The Morgan fingerprint density at radius 1 is 0.583 bits per heavy atom. The molecule has 6 heteroatoms. The fourth-order valence-electron chi connectivity index (χ4n) is 0.520. The fourth-order valence-corrected chi connectivity index (χ4v) is 1.39. The SMILES string of the molecule is Clc1cc(Cl)cc(Cl)c1.[Na+].[Na+].[Na+]. The van der Waals surface area contributed by atoms with Gasteiger partial charge in [0, 0.05) is 15.1 Å². The van der Waals surface area contributed by atoms with Crippen molar-refractivity contribution in [2.24, 2.45) is 0 Å². The Hall–Kier alpha value is 3.09. The van der Waals surface area contributed by atoms with Gasteiger partial charge in [-0.3, -0.25) is 0 Å². The molecule has 0 heterocycles. The Morgan fingerprint density at radius 2 is 0.750 bits per heavy atom. The predicted molar refractivity (Wildman–Crippen MR) is 41.5 cm³/mol. The molecule has 12 heavy (non-hydrogen) atoms. The van der Waals surface area contributed by atoms with E-state index in [2.05, 4.69) is 0 Å². The van der Waals surface area contributed by atoms with Crippen molar-refractivity contribution in [1.82, 2.24) is 0 Å². The van der Waals surface area contributed by atoms with Crippen molar-refractivity contribution in [3.63, 3.8) is 0 Å². The molecule has 0 saturated heterocycles. The molecule has 1 aromatic rings. The average Bonchev–Trinajstić information content (AvgIpc) is 1.59. The van der Waals surface area contributed by atoms with E-state index in [1.165, 1.54) is 0 Å². The first-order chi connectivity index (χ1) is 4.18. The van der Waals surface area contributed by atoms with Gasteiger partial charge in [0.15, 0.2) is 0 Å². The zero-order valence-corrected chi connectivity index (χ0v) is 15.6.